The molecular formula is C23H23N5O2. The van der Waals surface area contributed by atoms with Gasteiger partial charge in [0.1, 0.15) is 5.69 Å². The summed E-state index contributed by atoms with van der Waals surface area (Å²) in [6.07, 6.45) is 3.98. The minimum Gasteiger partial charge on any atom is -0.361 e. The number of hydrogen-bond donors (Lipinski definition) is 4. The number of aryl methyl sites for hydroxylation is 2. The van der Waals surface area contributed by atoms with Crippen molar-refractivity contribution in [3.63, 3.8) is 0 Å². The zero-order valence-corrected chi connectivity index (χ0v) is 16.9. The third-order valence-electron chi connectivity index (χ3n) is 5.07. The summed E-state index contributed by atoms with van der Waals surface area (Å²) in [6, 6.07) is 13.8. The van der Waals surface area contributed by atoms with E-state index in [9.17, 15) is 9.59 Å². The Morgan fingerprint density at radius 3 is 2.70 bits per heavy atom. The lowest BCUT2D eigenvalue weighted by molar-refractivity contribution is 0.0936. The predicted octanol–water partition coefficient (Wildman–Crippen LogP) is 3.73. The molecule has 2 amide bonds. The Balaban J connectivity index is 1.40. The van der Waals surface area contributed by atoms with Crippen LogP contribution in [0.25, 0.3) is 10.9 Å². The normalized spacial score (nSPS) is 10.9. The van der Waals surface area contributed by atoms with Gasteiger partial charge in [0.2, 0.25) is 0 Å². The molecule has 4 rings (SSSR count). The minimum atomic E-state index is -0.426. The summed E-state index contributed by atoms with van der Waals surface area (Å²) in [5, 5.41) is 6.83. The molecule has 0 radical (unpaired) electrons. The number of imidazole rings is 1. The molecule has 0 atom stereocenters. The lowest BCUT2D eigenvalue weighted by Gasteiger charge is -2.09. The number of carbonyl (C=O) groups is 2. The quantitative estimate of drug-likeness (QED) is 0.396. The monoisotopic (exact) mass is 401 g/mol. The van der Waals surface area contributed by atoms with Crippen LogP contribution in [0.2, 0.25) is 0 Å². The van der Waals surface area contributed by atoms with E-state index in [1.165, 1.54) is 6.33 Å². The first-order valence-corrected chi connectivity index (χ1v) is 9.78. The van der Waals surface area contributed by atoms with E-state index in [4.69, 9.17) is 0 Å². The van der Waals surface area contributed by atoms with Crippen molar-refractivity contribution in [2.24, 2.45) is 0 Å². The van der Waals surface area contributed by atoms with E-state index in [0.717, 1.165) is 27.6 Å². The lowest BCUT2D eigenvalue weighted by atomic mass is 10.1. The summed E-state index contributed by atoms with van der Waals surface area (Å²) < 4.78 is 0. The van der Waals surface area contributed by atoms with Crippen LogP contribution in [0.4, 0.5) is 5.69 Å². The molecular weight excluding hydrogens is 378 g/mol. The number of amides is 2. The van der Waals surface area contributed by atoms with E-state index in [1.807, 2.05) is 62.5 Å². The molecule has 0 spiro atoms. The highest BCUT2D eigenvalue weighted by atomic mass is 16.2. The number of hydrogen-bond acceptors (Lipinski definition) is 3. The molecule has 2 aromatic carbocycles. The molecule has 0 saturated heterocycles. The van der Waals surface area contributed by atoms with Crippen molar-refractivity contribution in [1.29, 1.82) is 0 Å². The fourth-order valence-electron chi connectivity index (χ4n) is 3.51. The average Bonchev–Trinajstić information content (AvgIpc) is 3.38. The van der Waals surface area contributed by atoms with Crippen LogP contribution in [0, 0.1) is 13.8 Å². The number of carbonyl (C=O) groups excluding carboxylic acids is 2. The second kappa shape index (κ2) is 8.24. The first-order valence-electron chi connectivity index (χ1n) is 9.78. The van der Waals surface area contributed by atoms with E-state index in [1.54, 1.807) is 0 Å². The SMILES string of the molecule is Cc1ccc(NC(=O)c2nc[nH]c2C(=O)NCCc2c[nH]c3ccccc23)c(C)c1. The Morgan fingerprint density at radius 1 is 1.03 bits per heavy atom. The van der Waals surface area contributed by atoms with Gasteiger partial charge in [-0.1, -0.05) is 35.9 Å². The maximum atomic E-state index is 12.7. The van der Waals surface area contributed by atoms with Crippen LogP contribution in [0.15, 0.2) is 55.0 Å². The van der Waals surface area contributed by atoms with Gasteiger partial charge < -0.3 is 20.6 Å². The molecule has 4 N–H and O–H groups in total. The van der Waals surface area contributed by atoms with Gasteiger partial charge in [0.15, 0.2) is 5.69 Å². The number of nitrogens with one attached hydrogen (secondary N) is 4. The van der Waals surface area contributed by atoms with E-state index >= 15 is 0 Å². The second-order valence-corrected chi connectivity index (χ2v) is 7.26. The van der Waals surface area contributed by atoms with Crippen LogP contribution in [-0.2, 0) is 6.42 Å². The van der Waals surface area contributed by atoms with E-state index in [-0.39, 0.29) is 17.3 Å². The zero-order valence-electron chi connectivity index (χ0n) is 16.9. The number of aromatic nitrogens is 3. The summed E-state index contributed by atoms with van der Waals surface area (Å²) in [5.74, 6) is -0.789. The second-order valence-electron chi connectivity index (χ2n) is 7.26. The van der Waals surface area contributed by atoms with Gasteiger partial charge in [-0.05, 0) is 43.5 Å². The summed E-state index contributed by atoms with van der Waals surface area (Å²) >= 11 is 0. The van der Waals surface area contributed by atoms with Gasteiger partial charge in [0.05, 0.1) is 6.33 Å². The number of aromatic amines is 2. The van der Waals surface area contributed by atoms with Crippen LogP contribution < -0.4 is 10.6 Å². The third-order valence-corrected chi connectivity index (χ3v) is 5.07. The van der Waals surface area contributed by atoms with Gasteiger partial charge >= 0.3 is 0 Å². The van der Waals surface area contributed by atoms with Crippen molar-refractivity contribution in [3.8, 4) is 0 Å². The molecule has 7 nitrogen and oxygen atoms in total. The molecule has 0 fully saturated rings. The van der Waals surface area contributed by atoms with Crippen LogP contribution >= 0.6 is 0 Å². The maximum absolute atomic E-state index is 12.7. The lowest BCUT2D eigenvalue weighted by Crippen LogP contribution is -2.28. The fraction of sp³-hybridized carbons (Fsp3) is 0.174. The number of para-hydroxylation sites is 1. The van der Waals surface area contributed by atoms with Gasteiger partial charge in [-0.25, -0.2) is 4.98 Å². The van der Waals surface area contributed by atoms with Crippen LogP contribution in [-0.4, -0.2) is 33.3 Å². The molecule has 0 aliphatic carbocycles. The Bertz CT molecular complexity index is 1220. The smallest absolute Gasteiger partial charge is 0.276 e. The molecule has 0 aliphatic rings. The highest BCUT2D eigenvalue weighted by Crippen LogP contribution is 2.19. The van der Waals surface area contributed by atoms with E-state index in [0.29, 0.717) is 18.7 Å². The highest BCUT2D eigenvalue weighted by molar-refractivity contribution is 6.10. The number of nitrogens with zero attached hydrogens (tertiary/aromatic N) is 1. The van der Waals surface area contributed by atoms with Gasteiger partial charge in [-0.15, -0.1) is 0 Å². The number of benzene rings is 2. The molecule has 2 aromatic heterocycles. The third kappa shape index (κ3) is 3.96. The molecule has 0 aliphatic heterocycles. The molecule has 0 bridgehead atoms. The van der Waals surface area contributed by atoms with Gasteiger partial charge in [0, 0.05) is 29.3 Å². The van der Waals surface area contributed by atoms with Crippen molar-refractivity contribution in [3.05, 3.63) is 83.1 Å². The van der Waals surface area contributed by atoms with Crippen molar-refractivity contribution in [1.82, 2.24) is 20.3 Å². The van der Waals surface area contributed by atoms with Crippen molar-refractivity contribution < 1.29 is 9.59 Å². The van der Waals surface area contributed by atoms with Gasteiger partial charge in [-0.3, -0.25) is 9.59 Å². The number of anilines is 1. The zero-order chi connectivity index (χ0) is 21.1. The van der Waals surface area contributed by atoms with E-state index < -0.39 is 5.91 Å². The molecule has 30 heavy (non-hydrogen) atoms. The van der Waals surface area contributed by atoms with Crippen LogP contribution in [0.5, 0.6) is 0 Å². The Hall–Kier alpha value is -3.87. The molecule has 0 saturated carbocycles. The average molecular weight is 401 g/mol. The first kappa shape index (κ1) is 19.4. The molecule has 2 heterocycles. The van der Waals surface area contributed by atoms with Gasteiger partial charge in [-0.2, -0.15) is 0 Å². The Labute approximate surface area is 173 Å². The van der Waals surface area contributed by atoms with E-state index in [2.05, 4.69) is 25.6 Å². The number of H-pyrrole nitrogens is 2. The topological polar surface area (TPSA) is 103 Å². The van der Waals surface area contributed by atoms with Crippen molar-refractivity contribution in [2.75, 3.05) is 11.9 Å². The molecule has 7 heteroatoms. The predicted molar refractivity (Wildman–Crippen MR) is 117 cm³/mol. The highest BCUT2D eigenvalue weighted by Gasteiger charge is 2.20. The first-order chi connectivity index (χ1) is 14.5. The molecule has 4 aromatic rings. The molecule has 0 unspecified atom stereocenters. The summed E-state index contributed by atoms with van der Waals surface area (Å²) in [6.45, 7) is 4.36. The molecule has 152 valence electrons. The summed E-state index contributed by atoms with van der Waals surface area (Å²) in [4.78, 5) is 35.3. The Morgan fingerprint density at radius 2 is 1.87 bits per heavy atom. The summed E-state index contributed by atoms with van der Waals surface area (Å²) in [5.41, 5.74) is 5.17. The maximum Gasteiger partial charge on any atom is 0.276 e. The van der Waals surface area contributed by atoms with Gasteiger partial charge in [0.25, 0.3) is 11.8 Å². The van der Waals surface area contributed by atoms with Crippen LogP contribution in [0.1, 0.15) is 37.7 Å². The largest absolute Gasteiger partial charge is 0.361 e. The number of fused-ring (bicyclic) bond motifs is 1. The van der Waals surface area contributed by atoms with Crippen molar-refractivity contribution >= 4 is 28.4 Å². The van der Waals surface area contributed by atoms with Crippen LogP contribution in [0.3, 0.4) is 0 Å². The number of rotatable bonds is 6. The standard InChI is InChI=1S/C23H23N5O2/c1-14-7-8-18(15(2)11-14)28-23(30)21-20(26-13-27-21)22(29)24-10-9-16-12-25-19-6-4-3-5-17(16)19/h3-8,11-13,25H,9-10H2,1-2H3,(H,24,29)(H,26,27)(H,28,30). The fourth-order valence-corrected chi connectivity index (χ4v) is 3.51. The Kier molecular flexibility index (Phi) is 5.34. The minimum absolute atomic E-state index is 0.0690. The summed E-state index contributed by atoms with van der Waals surface area (Å²) in [7, 11) is 0. The van der Waals surface area contributed by atoms with Crippen molar-refractivity contribution in [2.45, 2.75) is 20.3 Å².